The van der Waals surface area contributed by atoms with E-state index in [-0.39, 0.29) is 11.1 Å². The van der Waals surface area contributed by atoms with E-state index in [1.165, 1.54) is 0 Å². The number of hydrogen-bond acceptors (Lipinski definition) is 5. The zero-order valence-electron chi connectivity index (χ0n) is 19.7. The number of nitrogens with one attached hydrogen (secondary N) is 1. The Morgan fingerprint density at radius 1 is 1.06 bits per heavy atom. The van der Waals surface area contributed by atoms with Crippen molar-refractivity contribution in [2.45, 2.75) is 64.1 Å². The summed E-state index contributed by atoms with van der Waals surface area (Å²) in [5.41, 5.74) is 4.56. The minimum atomic E-state index is 0.103. The number of aromatic nitrogens is 3. The Labute approximate surface area is 190 Å². The van der Waals surface area contributed by atoms with Crippen LogP contribution in [0.5, 0.6) is 5.75 Å². The summed E-state index contributed by atoms with van der Waals surface area (Å²) in [5, 5.41) is 8.12. The largest absolute Gasteiger partial charge is 0.492 e. The Hall–Kier alpha value is -2.86. The van der Waals surface area contributed by atoms with Crippen LogP contribution in [0.15, 0.2) is 48.8 Å². The fourth-order valence-electron chi connectivity index (χ4n) is 5.53. The molecular weight excluding hydrogens is 398 g/mol. The van der Waals surface area contributed by atoms with Crippen LogP contribution < -0.4 is 15.0 Å². The second kappa shape index (κ2) is 7.62. The first-order valence-corrected chi connectivity index (χ1v) is 11.5. The van der Waals surface area contributed by atoms with Gasteiger partial charge in [-0.3, -0.25) is 0 Å². The molecule has 1 N–H and O–H groups in total. The topological polar surface area (TPSA) is 55.2 Å². The van der Waals surface area contributed by atoms with Crippen LogP contribution in [0, 0.1) is 0 Å². The Balaban J connectivity index is 1.46. The van der Waals surface area contributed by atoms with Crippen LogP contribution in [0.1, 0.15) is 46.2 Å². The van der Waals surface area contributed by atoms with Gasteiger partial charge in [0.15, 0.2) is 0 Å². The van der Waals surface area contributed by atoms with Crippen molar-refractivity contribution < 1.29 is 4.74 Å². The molecule has 168 valence electrons. The molecule has 2 aromatic heterocycles. The van der Waals surface area contributed by atoms with Gasteiger partial charge >= 0.3 is 0 Å². The van der Waals surface area contributed by atoms with E-state index in [1.807, 2.05) is 16.9 Å². The predicted octanol–water partition coefficient (Wildman–Crippen LogP) is 4.61. The number of ether oxygens (including phenoxy) is 1. The van der Waals surface area contributed by atoms with Gasteiger partial charge < -0.3 is 15.0 Å². The lowest BCUT2D eigenvalue weighted by atomic mass is 9.79. The quantitative estimate of drug-likeness (QED) is 0.656. The second-order valence-electron chi connectivity index (χ2n) is 10.5. The minimum absolute atomic E-state index is 0.103. The summed E-state index contributed by atoms with van der Waals surface area (Å²) in [5.74, 6) is 1.93. The van der Waals surface area contributed by atoms with Crippen LogP contribution >= 0.6 is 0 Å². The first-order chi connectivity index (χ1) is 15.2. The molecule has 0 unspecified atom stereocenters. The summed E-state index contributed by atoms with van der Waals surface area (Å²) >= 11 is 0. The highest BCUT2D eigenvalue weighted by Gasteiger charge is 2.39. The molecule has 32 heavy (non-hydrogen) atoms. The Morgan fingerprint density at radius 2 is 1.81 bits per heavy atom. The van der Waals surface area contributed by atoms with Gasteiger partial charge in [0.1, 0.15) is 11.6 Å². The summed E-state index contributed by atoms with van der Waals surface area (Å²) in [6.07, 6.45) is 6.71. The lowest BCUT2D eigenvalue weighted by molar-refractivity contribution is 0.160. The molecule has 6 nitrogen and oxygen atoms in total. The standard InChI is InChI=1S/C26H33N5O/c1-25(2)16-19(17-26(3,4)29-25)30(5)24-10-9-20-21-8-7-18(31-13-6-12-27-31)15-23(21)32-14-11-22(20)28-24/h6-10,12-13,15,19,29H,11,14,16-17H2,1-5H3. The molecule has 0 bridgehead atoms. The monoisotopic (exact) mass is 431 g/mol. The molecule has 0 amide bonds. The zero-order valence-corrected chi connectivity index (χ0v) is 19.7. The molecule has 4 heterocycles. The highest BCUT2D eigenvalue weighted by atomic mass is 16.5. The van der Waals surface area contributed by atoms with Crippen LogP contribution in [-0.2, 0) is 6.42 Å². The lowest BCUT2D eigenvalue weighted by Gasteiger charge is -2.49. The van der Waals surface area contributed by atoms with Crippen molar-refractivity contribution in [2.75, 3.05) is 18.6 Å². The molecule has 2 aliphatic heterocycles. The zero-order chi connectivity index (χ0) is 22.5. The SMILES string of the molecule is CN(c1ccc2c(n1)CCOc1cc(-n3cccn3)ccc1-2)C1CC(C)(C)NC(C)(C)C1. The molecule has 1 fully saturated rings. The van der Waals surface area contributed by atoms with Crippen LogP contribution in [-0.4, -0.2) is 45.5 Å². The molecule has 0 radical (unpaired) electrons. The summed E-state index contributed by atoms with van der Waals surface area (Å²) in [7, 11) is 2.19. The van der Waals surface area contributed by atoms with Gasteiger partial charge in [0.2, 0.25) is 0 Å². The van der Waals surface area contributed by atoms with Crippen molar-refractivity contribution in [3.05, 3.63) is 54.5 Å². The number of rotatable bonds is 3. The van der Waals surface area contributed by atoms with E-state index >= 15 is 0 Å². The fourth-order valence-corrected chi connectivity index (χ4v) is 5.53. The maximum atomic E-state index is 6.14. The summed E-state index contributed by atoms with van der Waals surface area (Å²) in [6.45, 7) is 9.81. The van der Waals surface area contributed by atoms with Gasteiger partial charge in [-0.1, -0.05) is 0 Å². The number of anilines is 1. The van der Waals surface area contributed by atoms with Crippen molar-refractivity contribution in [1.29, 1.82) is 0 Å². The molecule has 0 spiro atoms. The highest BCUT2D eigenvalue weighted by molar-refractivity contribution is 5.75. The van der Waals surface area contributed by atoms with Crippen molar-refractivity contribution in [3.8, 4) is 22.6 Å². The molecule has 1 aromatic carbocycles. The predicted molar refractivity (Wildman–Crippen MR) is 129 cm³/mol. The van der Waals surface area contributed by atoms with Gasteiger partial charge in [-0.2, -0.15) is 5.10 Å². The molecule has 6 heteroatoms. The number of fused-ring (bicyclic) bond motifs is 3. The fraction of sp³-hybridized carbons (Fsp3) is 0.462. The van der Waals surface area contributed by atoms with Crippen molar-refractivity contribution >= 4 is 5.82 Å². The number of piperidine rings is 1. The Kier molecular flexibility index (Phi) is 5.01. The van der Waals surface area contributed by atoms with Crippen LogP contribution in [0.25, 0.3) is 16.8 Å². The molecular formula is C26H33N5O. The molecule has 0 atom stereocenters. The first-order valence-electron chi connectivity index (χ1n) is 11.5. The number of nitrogens with zero attached hydrogens (tertiary/aromatic N) is 4. The van der Waals surface area contributed by atoms with E-state index in [2.05, 4.69) is 80.4 Å². The van der Waals surface area contributed by atoms with E-state index in [0.717, 1.165) is 53.3 Å². The summed E-state index contributed by atoms with van der Waals surface area (Å²) in [4.78, 5) is 7.50. The van der Waals surface area contributed by atoms with Crippen molar-refractivity contribution in [1.82, 2.24) is 20.1 Å². The summed E-state index contributed by atoms with van der Waals surface area (Å²) < 4.78 is 7.99. The van der Waals surface area contributed by atoms with E-state index in [1.54, 1.807) is 6.20 Å². The van der Waals surface area contributed by atoms with Gasteiger partial charge in [-0.25, -0.2) is 9.67 Å². The number of pyridine rings is 1. The molecule has 3 aromatic rings. The van der Waals surface area contributed by atoms with E-state index in [9.17, 15) is 0 Å². The van der Waals surface area contributed by atoms with Gasteiger partial charge in [0.25, 0.3) is 0 Å². The number of hydrogen-bond donors (Lipinski definition) is 1. The van der Waals surface area contributed by atoms with E-state index in [4.69, 9.17) is 9.72 Å². The third kappa shape index (κ3) is 3.99. The maximum absolute atomic E-state index is 6.14. The van der Waals surface area contributed by atoms with Crippen LogP contribution in [0.4, 0.5) is 5.82 Å². The van der Waals surface area contributed by atoms with Gasteiger partial charge in [0, 0.05) is 60.2 Å². The van der Waals surface area contributed by atoms with Crippen LogP contribution in [0.3, 0.4) is 0 Å². The van der Waals surface area contributed by atoms with Gasteiger partial charge in [-0.05, 0) is 70.9 Å². The average molecular weight is 432 g/mol. The molecule has 2 aliphatic rings. The van der Waals surface area contributed by atoms with E-state index < -0.39 is 0 Å². The maximum Gasteiger partial charge on any atom is 0.129 e. The second-order valence-corrected chi connectivity index (χ2v) is 10.5. The van der Waals surface area contributed by atoms with Crippen LogP contribution in [0.2, 0.25) is 0 Å². The smallest absolute Gasteiger partial charge is 0.129 e. The summed E-state index contributed by atoms with van der Waals surface area (Å²) in [6, 6.07) is 13.0. The number of benzene rings is 1. The van der Waals surface area contributed by atoms with Crippen molar-refractivity contribution in [3.63, 3.8) is 0 Å². The first kappa shape index (κ1) is 21.0. The molecule has 0 aliphatic carbocycles. The molecule has 0 saturated carbocycles. The lowest BCUT2D eigenvalue weighted by Crippen LogP contribution is -2.62. The third-order valence-electron chi connectivity index (χ3n) is 6.66. The third-order valence-corrected chi connectivity index (χ3v) is 6.66. The van der Waals surface area contributed by atoms with Gasteiger partial charge in [-0.15, -0.1) is 0 Å². The molecule has 1 saturated heterocycles. The highest BCUT2D eigenvalue weighted by Crippen LogP contribution is 2.38. The Bertz CT molecular complexity index is 1100. The average Bonchev–Trinajstić information content (AvgIpc) is 3.19. The van der Waals surface area contributed by atoms with Crippen molar-refractivity contribution in [2.24, 2.45) is 0 Å². The molecule has 5 rings (SSSR count). The van der Waals surface area contributed by atoms with Gasteiger partial charge in [0.05, 0.1) is 18.0 Å². The normalized spacial score (nSPS) is 19.4. The van der Waals surface area contributed by atoms with E-state index in [0.29, 0.717) is 12.6 Å². The Morgan fingerprint density at radius 3 is 2.53 bits per heavy atom. The minimum Gasteiger partial charge on any atom is -0.492 e.